The number of anilines is 1. The number of hydrogen-bond donors (Lipinski definition) is 1. The summed E-state index contributed by atoms with van der Waals surface area (Å²) in [5.41, 5.74) is 7.54. The second-order valence-corrected chi connectivity index (χ2v) is 2.75. The van der Waals surface area contributed by atoms with Gasteiger partial charge < -0.3 is 5.73 Å². The highest BCUT2D eigenvalue weighted by atomic mass is 16.1. The summed E-state index contributed by atoms with van der Waals surface area (Å²) in [5.74, 6) is 1.70. The highest BCUT2D eigenvalue weighted by Gasteiger charge is 2.06. The van der Waals surface area contributed by atoms with Crippen molar-refractivity contribution in [3.63, 3.8) is 0 Å². The van der Waals surface area contributed by atoms with Crippen molar-refractivity contribution in [1.29, 1.82) is 0 Å². The standard InChI is InChI=1S/C11H11NO/c1-3-8-5-6-10(12)9(7-8)11(13)4-2/h2,5-7H,3,12H2,1H3. The first-order valence-corrected chi connectivity index (χ1v) is 4.08. The van der Waals surface area contributed by atoms with E-state index in [9.17, 15) is 4.79 Å². The molecule has 0 saturated heterocycles. The minimum atomic E-state index is -0.354. The van der Waals surface area contributed by atoms with Crippen LogP contribution in [0.4, 0.5) is 5.69 Å². The molecule has 13 heavy (non-hydrogen) atoms. The predicted octanol–water partition coefficient (Wildman–Crippen LogP) is 1.65. The number of benzene rings is 1. The summed E-state index contributed by atoms with van der Waals surface area (Å²) in [5, 5.41) is 0. The molecule has 1 aromatic rings. The van der Waals surface area contributed by atoms with Gasteiger partial charge in [-0.25, -0.2) is 0 Å². The molecule has 1 aromatic carbocycles. The largest absolute Gasteiger partial charge is 0.398 e. The van der Waals surface area contributed by atoms with Gasteiger partial charge in [0.05, 0.1) is 5.56 Å². The van der Waals surface area contributed by atoms with Crippen molar-refractivity contribution in [3.05, 3.63) is 29.3 Å². The van der Waals surface area contributed by atoms with Crippen LogP contribution >= 0.6 is 0 Å². The Morgan fingerprint density at radius 2 is 2.31 bits per heavy atom. The fraction of sp³-hybridized carbons (Fsp3) is 0.182. The van der Waals surface area contributed by atoms with Crippen molar-refractivity contribution in [3.8, 4) is 12.3 Å². The average molecular weight is 173 g/mol. The number of carbonyl (C=O) groups is 1. The van der Waals surface area contributed by atoms with Gasteiger partial charge in [0.2, 0.25) is 5.78 Å². The molecule has 2 N–H and O–H groups in total. The monoisotopic (exact) mass is 173 g/mol. The molecule has 0 amide bonds. The molecule has 0 aliphatic carbocycles. The molecule has 2 heteroatoms. The van der Waals surface area contributed by atoms with Crippen LogP contribution in [0.1, 0.15) is 22.8 Å². The molecule has 0 spiro atoms. The second kappa shape index (κ2) is 3.77. The van der Waals surface area contributed by atoms with E-state index < -0.39 is 0 Å². The van der Waals surface area contributed by atoms with E-state index in [0.717, 1.165) is 12.0 Å². The van der Waals surface area contributed by atoms with Gasteiger partial charge in [-0.05, 0) is 30.0 Å². The van der Waals surface area contributed by atoms with Crippen LogP contribution in [0.3, 0.4) is 0 Å². The molecule has 0 unspecified atom stereocenters. The van der Waals surface area contributed by atoms with Gasteiger partial charge in [-0.15, -0.1) is 6.42 Å². The highest BCUT2D eigenvalue weighted by molar-refractivity contribution is 6.11. The molecule has 0 aliphatic heterocycles. The van der Waals surface area contributed by atoms with Crippen LogP contribution in [0, 0.1) is 12.3 Å². The maximum absolute atomic E-state index is 11.2. The molecule has 2 nitrogen and oxygen atoms in total. The summed E-state index contributed by atoms with van der Waals surface area (Å²) in [6.45, 7) is 2.01. The molecule has 0 fully saturated rings. The van der Waals surface area contributed by atoms with Crippen molar-refractivity contribution in [2.45, 2.75) is 13.3 Å². The first-order chi connectivity index (χ1) is 6.19. The van der Waals surface area contributed by atoms with E-state index >= 15 is 0 Å². The maximum atomic E-state index is 11.2. The Morgan fingerprint density at radius 3 is 2.85 bits per heavy atom. The van der Waals surface area contributed by atoms with Crippen molar-refractivity contribution in [2.24, 2.45) is 0 Å². The van der Waals surface area contributed by atoms with Gasteiger partial charge in [0.1, 0.15) is 0 Å². The lowest BCUT2D eigenvalue weighted by atomic mass is 10.0. The zero-order valence-corrected chi connectivity index (χ0v) is 7.50. The zero-order chi connectivity index (χ0) is 9.84. The Kier molecular flexibility index (Phi) is 2.71. The van der Waals surface area contributed by atoms with E-state index in [1.165, 1.54) is 0 Å². The van der Waals surface area contributed by atoms with Gasteiger partial charge in [-0.2, -0.15) is 0 Å². The third-order valence-corrected chi connectivity index (χ3v) is 1.90. The Morgan fingerprint density at radius 1 is 1.62 bits per heavy atom. The Bertz CT molecular complexity index is 374. The molecule has 0 heterocycles. The molecule has 0 radical (unpaired) electrons. The molecule has 66 valence electrons. The number of terminal acetylenes is 1. The van der Waals surface area contributed by atoms with Gasteiger partial charge in [0.15, 0.2) is 0 Å². The van der Waals surface area contributed by atoms with Gasteiger partial charge >= 0.3 is 0 Å². The van der Waals surface area contributed by atoms with Crippen LogP contribution < -0.4 is 5.73 Å². The van der Waals surface area contributed by atoms with Crippen LogP contribution in [0.25, 0.3) is 0 Å². The van der Waals surface area contributed by atoms with Crippen LogP contribution in [0.2, 0.25) is 0 Å². The number of carbonyl (C=O) groups excluding carboxylic acids is 1. The number of hydrogen-bond acceptors (Lipinski definition) is 2. The van der Waals surface area contributed by atoms with E-state index in [1.807, 2.05) is 13.0 Å². The third kappa shape index (κ3) is 1.88. The Hall–Kier alpha value is -1.75. The van der Waals surface area contributed by atoms with Crippen LogP contribution in [-0.4, -0.2) is 5.78 Å². The summed E-state index contributed by atoms with van der Waals surface area (Å²) in [4.78, 5) is 11.2. The number of ketones is 1. The smallest absolute Gasteiger partial charge is 0.237 e. The average Bonchev–Trinajstić information content (AvgIpc) is 2.17. The quantitative estimate of drug-likeness (QED) is 0.320. The summed E-state index contributed by atoms with van der Waals surface area (Å²) < 4.78 is 0. The Balaban J connectivity index is 3.20. The number of Topliss-reactive ketones (excluding diaryl/α,β-unsaturated/α-hetero) is 1. The number of rotatable bonds is 2. The Labute approximate surface area is 77.8 Å². The minimum Gasteiger partial charge on any atom is -0.398 e. The topological polar surface area (TPSA) is 43.1 Å². The predicted molar refractivity (Wildman–Crippen MR) is 53.4 cm³/mol. The maximum Gasteiger partial charge on any atom is 0.237 e. The molecule has 0 saturated carbocycles. The lowest BCUT2D eigenvalue weighted by Gasteiger charge is -2.02. The molecule has 1 rings (SSSR count). The minimum absolute atomic E-state index is 0.354. The molecule has 0 bridgehead atoms. The van der Waals surface area contributed by atoms with Gasteiger partial charge in [-0.1, -0.05) is 13.0 Å². The summed E-state index contributed by atoms with van der Waals surface area (Å²) in [7, 11) is 0. The number of aryl methyl sites for hydroxylation is 1. The highest BCUT2D eigenvalue weighted by Crippen LogP contribution is 2.14. The van der Waals surface area contributed by atoms with Crippen molar-refractivity contribution < 1.29 is 4.79 Å². The third-order valence-electron chi connectivity index (χ3n) is 1.90. The second-order valence-electron chi connectivity index (χ2n) is 2.75. The normalized spacial score (nSPS) is 9.23. The molecular formula is C11H11NO. The van der Waals surface area contributed by atoms with E-state index in [-0.39, 0.29) is 5.78 Å². The van der Waals surface area contributed by atoms with Crippen LogP contribution in [0.5, 0.6) is 0 Å². The van der Waals surface area contributed by atoms with Gasteiger partial charge in [-0.3, -0.25) is 4.79 Å². The molecule has 0 aromatic heterocycles. The van der Waals surface area contributed by atoms with E-state index in [2.05, 4.69) is 5.92 Å². The summed E-state index contributed by atoms with van der Waals surface area (Å²) in [6.07, 6.45) is 5.88. The lowest BCUT2D eigenvalue weighted by Crippen LogP contribution is -2.01. The zero-order valence-electron chi connectivity index (χ0n) is 7.50. The van der Waals surface area contributed by atoms with E-state index in [0.29, 0.717) is 11.3 Å². The van der Waals surface area contributed by atoms with E-state index in [1.54, 1.807) is 12.1 Å². The van der Waals surface area contributed by atoms with Crippen molar-refractivity contribution in [2.75, 3.05) is 5.73 Å². The number of nitrogen functional groups attached to an aromatic ring is 1. The molecule has 0 atom stereocenters. The fourth-order valence-electron chi connectivity index (χ4n) is 1.10. The summed E-state index contributed by atoms with van der Waals surface area (Å²) in [6, 6.07) is 5.35. The van der Waals surface area contributed by atoms with Crippen LogP contribution in [0.15, 0.2) is 18.2 Å². The first kappa shape index (κ1) is 9.34. The fourth-order valence-corrected chi connectivity index (χ4v) is 1.10. The van der Waals surface area contributed by atoms with Gasteiger partial charge in [0, 0.05) is 5.69 Å². The van der Waals surface area contributed by atoms with Crippen molar-refractivity contribution >= 4 is 11.5 Å². The van der Waals surface area contributed by atoms with Gasteiger partial charge in [0.25, 0.3) is 0 Å². The number of nitrogens with two attached hydrogens (primary N) is 1. The SMILES string of the molecule is C#CC(=O)c1cc(CC)ccc1N. The van der Waals surface area contributed by atoms with E-state index in [4.69, 9.17) is 12.2 Å². The lowest BCUT2D eigenvalue weighted by molar-refractivity contribution is 0.105. The molecular weight excluding hydrogens is 162 g/mol. The van der Waals surface area contributed by atoms with Crippen molar-refractivity contribution in [1.82, 2.24) is 0 Å². The van der Waals surface area contributed by atoms with Crippen LogP contribution in [-0.2, 0) is 6.42 Å². The summed E-state index contributed by atoms with van der Waals surface area (Å²) >= 11 is 0. The first-order valence-electron chi connectivity index (χ1n) is 4.08. The molecule has 0 aliphatic rings.